The molecule has 0 atom stereocenters. The predicted molar refractivity (Wildman–Crippen MR) is 59.0 cm³/mol. The van der Waals surface area contributed by atoms with Crippen molar-refractivity contribution in [2.75, 3.05) is 0 Å². The first kappa shape index (κ1) is 10.4. The Kier molecular flexibility index (Phi) is 3.47. The summed E-state index contributed by atoms with van der Waals surface area (Å²) in [6.45, 7) is -0.232. The zero-order valence-electron chi connectivity index (χ0n) is 6.65. The van der Waals surface area contributed by atoms with E-state index in [1.165, 1.54) is 0 Å². The number of hydrogen-bond donors (Lipinski definition) is 0. The second-order valence-corrected chi connectivity index (χ2v) is 10.1. The fraction of sp³-hybridized carbons (Fsp3) is 0.250. The van der Waals surface area contributed by atoms with Gasteiger partial charge in [0.1, 0.15) is 0 Å². The molecule has 0 N–H and O–H groups in total. The van der Waals surface area contributed by atoms with Gasteiger partial charge in [0.25, 0.3) is 6.69 Å². The van der Waals surface area contributed by atoms with Gasteiger partial charge in [-0.1, -0.05) is 30.7 Å². The molecule has 1 rings (SSSR count). The van der Waals surface area contributed by atoms with E-state index in [2.05, 4.69) is 0 Å². The maximum Gasteiger partial charge on any atom is 0.280 e. The molecule has 0 radical (unpaired) electrons. The molecule has 1 aromatic rings. The number of rotatable bonds is 2. The Hall–Kier alpha value is 0.307. The van der Waals surface area contributed by atoms with Crippen LogP contribution < -0.4 is 5.19 Å². The molecule has 0 aromatic heterocycles. The molecule has 0 bridgehead atoms. The van der Waals surface area contributed by atoms with Crippen molar-refractivity contribution in [2.45, 2.75) is 13.0 Å². The van der Waals surface area contributed by atoms with Gasteiger partial charge in [-0.2, -0.15) is 0 Å². The van der Waals surface area contributed by atoms with Gasteiger partial charge in [0.2, 0.25) is 0 Å². The summed E-state index contributed by atoms with van der Waals surface area (Å²) >= 11 is 18.1. The van der Waals surface area contributed by atoms with Crippen LogP contribution in [0.4, 0.5) is 0 Å². The zero-order valence-corrected chi connectivity index (χ0v) is 9.92. The van der Waals surface area contributed by atoms with Crippen molar-refractivity contribution >= 4 is 45.6 Å². The molecule has 0 nitrogen and oxygen atoms in total. The highest BCUT2D eigenvalue weighted by atomic mass is 35.7. The summed E-state index contributed by atoms with van der Waals surface area (Å²) in [4.78, 5) is 0. The Balaban J connectivity index is 3.03. The van der Waals surface area contributed by atoms with Gasteiger partial charge in [-0.15, -0.1) is 22.2 Å². The molecular weight excluding hydrogens is 231 g/mol. The monoisotopic (exact) mass is 238 g/mol. The van der Waals surface area contributed by atoms with Gasteiger partial charge in [0.15, 0.2) is 0 Å². The minimum atomic E-state index is -2.22. The second-order valence-electron chi connectivity index (χ2n) is 2.57. The van der Waals surface area contributed by atoms with Gasteiger partial charge in [-0.3, -0.25) is 0 Å². The van der Waals surface area contributed by atoms with Crippen LogP contribution in [0.3, 0.4) is 0 Å². The van der Waals surface area contributed by atoms with Crippen molar-refractivity contribution in [3.63, 3.8) is 0 Å². The van der Waals surface area contributed by atoms with E-state index in [1.807, 2.05) is 31.2 Å². The molecule has 0 saturated carbocycles. The Morgan fingerprint density at radius 2 is 2.00 bits per heavy atom. The molecule has 0 spiro atoms. The zero-order chi connectivity index (χ0) is 9.19. The second kappa shape index (κ2) is 4.01. The summed E-state index contributed by atoms with van der Waals surface area (Å²) in [5, 5.41) is 1.68. The highest BCUT2D eigenvalue weighted by Gasteiger charge is 2.28. The topological polar surface area (TPSA) is 0 Å². The minimum Gasteiger partial charge on any atom is -0.140 e. The standard InChI is InChI=1S/C8H9Cl3Si/c1-2-12(10,11)8-5-3-4-7(9)6-8/h3-6H,2H2,1H3. The van der Waals surface area contributed by atoms with Crippen molar-refractivity contribution in [3.8, 4) is 0 Å². The highest BCUT2D eigenvalue weighted by Crippen LogP contribution is 2.20. The smallest absolute Gasteiger partial charge is 0.140 e. The Labute approximate surface area is 87.9 Å². The van der Waals surface area contributed by atoms with Gasteiger partial charge in [0, 0.05) is 5.02 Å². The number of hydrogen-bond acceptors (Lipinski definition) is 0. The van der Waals surface area contributed by atoms with Gasteiger partial charge in [-0.25, -0.2) is 0 Å². The average Bonchev–Trinajstić information content (AvgIpc) is 2.05. The van der Waals surface area contributed by atoms with E-state index in [-0.39, 0.29) is 0 Å². The summed E-state index contributed by atoms with van der Waals surface area (Å²) in [5.74, 6) is 0. The van der Waals surface area contributed by atoms with Crippen LogP contribution in [0.1, 0.15) is 6.92 Å². The molecule has 0 saturated heterocycles. The molecule has 1 aromatic carbocycles. The molecule has 12 heavy (non-hydrogen) atoms. The van der Waals surface area contributed by atoms with Crippen molar-refractivity contribution < 1.29 is 0 Å². The van der Waals surface area contributed by atoms with Gasteiger partial charge in [0.05, 0.1) is 0 Å². The average molecular weight is 240 g/mol. The normalized spacial score (nSPS) is 11.7. The first-order valence-corrected chi connectivity index (χ1v) is 8.31. The summed E-state index contributed by atoms with van der Waals surface area (Å²) < 4.78 is 0. The third-order valence-corrected chi connectivity index (χ3v) is 6.88. The molecule has 0 aliphatic heterocycles. The maximum atomic E-state index is 6.16. The quantitative estimate of drug-likeness (QED) is 0.547. The summed E-state index contributed by atoms with van der Waals surface area (Å²) in [6, 6.07) is 8.27. The summed E-state index contributed by atoms with van der Waals surface area (Å²) in [5.41, 5.74) is 0. The molecule has 0 aliphatic carbocycles. The van der Waals surface area contributed by atoms with Gasteiger partial charge in [-0.05, 0) is 23.4 Å². The third kappa shape index (κ3) is 2.40. The van der Waals surface area contributed by atoms with Crippen LogP contribution in [-0.2, 0) is 0 Å². The molecule has 0 heterocycles. The van der Waals surface area contributed by atoms with Crippen LogP contribution in [0, 0.1) is 0 Å². The van der Waals surface area contributed by atoms with Crippen molar-refractivity contribution in [2.24, 2.45) is 0 Å². The SMILES string of the molecule is CC[Si](Cl)(Cl)c1cccc(Cl)c1. The van der Waals surface area contributed by atoms with Gasteiger partial charge < -0.3 is 0 Å². The van der Waals surface area contributed by atoms with Crippen molar-refractivity contribution in [3.05, 3.63) is 29.3 Å². The van der Waals surface area contributed by atoms with Crippen LogP contribution in [0.25, 0.3) is 0 Å². The first-order valence-electron chi connectivity index (χ1n) is 3.70. The molecule has 4 heteroatoms. The van der Waals surface area contributed by atoms with E-state index in [9.17, 15) is 0 Å². The van der Waals surface area contributed by atoms with E-state index in [4.69, 9.17) is 33.8 Å². The third-order valence-electron chi connectivity index (χ3n) is 1.69. The molecule has 66 valence electrons. The van der Waals surface area contributed by atoms with E-state index in [1.54, 1.807) is 0 Å². The van der Waals surface area contributed by atoms with Crippen LogP contribution in [0.2, 0.25) is 11.1 Å². The van der Waals surface area contributed by atoms with E-state index < -0.39 is 6.69 Å². The number of halogens is 3. The summed E-state index contributed by atoms with van der Waals surface area (Å²) in [7, 11) is 0. The lowest BCUT2D eigenvalue weighted by Crippen LogP contribution is -2.35. The lowest BCUT2D eigenvalue weighted by Gasteiger charge is -2.14. The van der Waals surface area contributed by atoms with Crippen molar-refractivity contribution in [1.29, 1.82) is 0 Å². The molecular formula is C8H9Cl3Si. The summed E-state index contributed by atoms with van der Waals surface area (Å²) in [6.07, 6.45) is 0. The van der Waals surface area contributed by atoms with E-state index in [0.29, 0.717) is 5.02 Å². The van der Waals surface area contributed by atoms with Crippen LogP contribution in [0.5, 0.6) is 0 Å². The first-order chi connectivity index (χ1) is 5.56. The molecule has 0 unspecified atom stereocenters. The Morgan fingerprint density at radius 3 is 2.50 bits per heavy atom. The fourth-order valence-corrected chi connectivity index (χ4v) is 3.02. The molecule has 0 fully saturated rings. The maximum absolute atomic E-state index is 6.16. The molecule has 0 aliphatic rings. The minimum absolute atomic E-state index is 0.694. The molecule has 0 amide bonds. The lowest BCUT2D eigenvalue weighted by atomic mass is 10.4. The lowest BCUT2D eigenvalue weighted by molar-refractivity contribution is 1.44. The highest BCUT2D eigenvalue weighted by molar-refractivity contribution is 7.50. The van der Waals surface area contributed by atoms with Crippen LogP contribution in [0.15, 0.2) is 24.3 Å². The van der Waals surface area contributed by atoms with E-state index in [0.717, 1.165) is 11.2 Å². The van der Waals surface area contributed by atoms with Crippen LogP contribution >= 0.6 is 33.8 Å². The van der Waals surface area contributed by atoms with Crippen LogP contribution in [-0.4, -0.2) is 6.69 Å². The fourth-order valence-electron chi connectivity index (χ4n) is 0.920. The number of benzene rings is 1. The van der Waals surface area contributed by atoms with E-state index >= 15 is 0 Å². The predicted octanol–water partition coefficient (Wildman–Crippen LogP) is 3.49. The van der Waals surface area contributed by atoms with Crippen molar-refractivity contribution in [1.82, 2.24) is 0 Å². The Bertz CT molecular complexity index is 273. The largest absolute Gasteiger partial charge is 0.280 e. The Morgan fingerprint density at radius 1 is 1.33 bits per heavy atom. The van der Waals surface area contributed by atoms with Gasteiger partial charge >= 0.3 is 0 Å².